The van der Waals surface area contributed by atoms with Crippen LogP contribution in [0.4, 0.5) is 10.5 Å². The molecule has 0 bridgehead atoms. The molecule has 0 saturated carbocycles. The molecule has 0 aliphatic carbocycles. The molecule has 0 atom stereocenters. The first-order chi connectivity index (χ1) is 7.13. The standard InChI is InChI=1S/C10H16N4O/c11-5-6-14(10(13)15)7-8-1-3-9(12)4-2-8/h1-4H,5-7,11-12H2,(H2,13,15). The number of nitrogen functional groups attached to an aromatic ring is 1. The molecule has 15 heavy (non-hydrogen) atoms. The molecular formula is C10H16N4O. The summed E-state index contributed by atoms with van der Waals surface area (Å²) in [5, 5.41) is 0. The van der Waals surface area contributed by atoms with E-state index in [0.717, 1.165) is 5.56 Å². The summed E-state index contributed by atoms with van der Waals surface area (Å²) in [6.07, 6.45) is 0. The Morgan fingerprint density at radius 1 is 1.27 bits per heavy atom. The van der Waals surface area contributed by atoms with Gasteiger partial charge in [-0.25, -0.2) is 4.79 Å². The number of hydrogen-bond donors (Lipinski definition) is 3. The maximum Gasteiger partial charge on any atom is 0.315 e. The number of amides is 2. The van der Waals surface area contributed by atoms with Gasteiger partial charge in [0.25, 0.3) is 0 Å². The van der Waals surface area contributed by atoms with Crippen LogP contribution in [0.1, 0.15) is 5.56 Å². The zero-order valence-corrected chi connectivity index (χ0v) is 8.52. The van der Waals surface area contributed by atoms with Crippen LogP contribution in [0.25, 0.3) is 0 Å². The van der Waals surface area contributed by atoms with Gasteiger partial charge in [0.15, 0.2) is 0 Å². The predicted molar refractivity (Wildman–Crippen MR) is 59.9 cm³/mol. The summed E-state index contributed by atoms with van der Waals surface area (Å²) in [6.45, 7) is 1.32. The molecule has 1 rings (SSSR count). The zero-order valence-electron chi connectivity index (χ0n) is 8.52. The number of nitrogens with two attached hydrogens (primary N) is 3. The van der Waals surface area contributed by atoms with E-state index in [1.165, 1.54) is 4.90 Å². The molecule has 0 aliphatic heterocycles. The van der Waals surface area contributed by atoms with E-state index in [1.807, 2.05) is 12.1 Å². The number of carbonyl (C=O) groups is 1. The minimum atomic E-state index is -0.461. The third kappa shape index (κ3) is 3.47. The number of primary amides is 1. The average Bonchev–Trinajstić information content (AvgIpc) is 2.20. The van der Waals surface area contributed by atoms with Crippen molar-refractivity contribution >= 4 is 11.7 Å². The maximum atomic E-state index is 11.0. The molecule has 0 fully saturated rings. The van der Waals surface area contributed by atoms with Crippen molar-refractivity contribution in [2.24, 2.45) is 11.5 Å². The third-order valence-corrected chi connectivity index (χ3v) is 2.06. The third-order valence-electron chi connectivity index (χ3n) is 2.06. The summed E-state index contributed by atoms with van der Waals surface area (Å²) in [5.74, 6) is 0. The van der Waals surface area contributed by atoms with Crippen LogP contribution in [0, 0.1) is 0 Å². The molecule has 0 heterocycles. The second kappa shape index (κ2) is 5.21. The van der Waals surface area contributed by atoms with Crippen LogP contribution in [-0.4, -0.2) is 24.0 Å². The molecular weight excluding hydrogens is 192 g/mol. The van der Waals surface area contributed by atoms with Gasteiger partial charge in [0.05, 0.1) is 0 Å². The highest BCUT2D eigenvalue weighted by Gasteiger charge is 2.08. The topological polar surface area (TPSA) is 98.4 Å². The van der Waals surface area contributed by atoms with Crippen molar-refractivity contribution in [2.75, 3.05) is 18.8 Å². The van der Waals surface area contributed by atoms with Gasteiger partial charge in [-0.15, -0.1) is 0 Å². The van der Waals surface area contributed by atoms with E-state index in [2.05, 4.69) is 0 Å². The van der Waals surface area contributed by atoms with E-state index in [1.54, 1.807) is 12.1 Å². The van der Waals surface area contributed by atoms with Crippen molar-refractivity contribution in [3.63, 3.8) is 0 Å². The zero-order chi connectivity index (χ0) is 11.3. The van der Waals surface area contributed by atoms with Gasteiger partial charge in [0, 0.05) is 25.3 Å². The fraction of sp³-hybridized carbons (Fsp3) is 0.300. The largest absolute Gasteiger partial charge is 0.399 e. The minimum Gasteiger partial charge on any atom is -0.399 e. The van der Waals surface area contributed by atoms with E-state index < -0.39 is 6.03 Å². The molecule has 1 aromatic rings. The first-order valence-corrected chi connectivity index (χ1v) is 4.72. The van der Waals surface area contributed by atoms with Crippen LogP contribution in [0.2, 0.25) is 0 Å². The van der Waals surface area contributed by atoms with E-state index in [4.69, 9.17) is 17.2 Å². The van der Waals surface area contributed by atoms with Gasteiger partial charge in [-0.3, -0.25) is 0 Å². The lowest BCUT2D eigenvalue weighted by Gasteiger charge is -2.19. The summed E-state index contributed by atoms with van der Waals surface area (Å²) < 4.78 is 0. The summed E-state index contributed by atoms with van der Waals surface area (Å²) >= 11 is 0. The molecule has 5 nitrogen and oxygen atoms in total. The van der Waals surface area contributed by atoms with Gasteiger partial charge in [0.2, 0.25) is 0 Å². The Morgan fingerprint density at radius 3 is 2.33 bits per heavy atom. The Balaban J connectivity index is 2.65. The Morgan fingerprint density at radius 2 is 1.87 bits per heavy atom. The van der Waals surface area contributed by atoms with Crippen molar-refractivity contribution < 1.29 is 4.79 Å². The van der Waals surface area contributed by atoms with Crippen LogP contribution in [0.5, 0.6) is 0 Å². The lowest BCUT2D eigenvalue weighted by Crippen LogP contribution is -2.38. The molecule has 2 amide bonds. The smallest absolute Gasteiger partial charge is 0.315 e. The Hall–Kier alpha value is -1.75. The highest BCUT2D eigenvalue weighted by atomic mass is 16.2. The molecule has 0 aromatic heterocycles. The number of nitrogens with zero attached hydrogens (tertiary/aromatic N) is 1. The Kier molecular flexibility index (Phi) is 3.93. The van der Waals surface area contributed by atoms with E-state index >= 15 is 0 Å². The summed E-state index contributed by atoms with van der Waals surface area (Å²) in [7, 11) is 0. The van der Waals surface area contributed by atoms with Crippen LogP contribution in [0.3, 0.4) is 0 Å². The number of urea groups is 1. The lowest BCUT2D eigenvalue weighted by atomic mass is 10.2. The second-order valence-electron chi connectivity index (χ2n) is 3.29. The van der Waals surface area contributed by atoms with Crippen molar-refractivity contribution in [2.45, 2.75) is 6.54 Å². The lowest BCUT2D eigenvalue weighted by molar-refractivity contribution is 0.206. The Labute approximate surface area is 88.8 Å². The number of benzene rings is 1. The first-order valence-electron chi connectivity index (χ1n) is 4.72. The molecule has 1 aromatic carbocycles. The van der Waals surface area contributed by atoms with Crippen LogP contribution >= 0.6 is 0 Å². The number of hydrogen-bond acceptors (Lipinski definition) is 3. The summed E-state index contributed by atoms with van der Waals surface area (Å²) in [4.78, 5) is 12.5. The Bertz CT molecular complexity index is 323. The average molecular weight is 208 g/mol. The van der Waals surface area contributed by atoms with Gasteiger partial charge in [0.1, 0.15) is 0 Å². The quantitative estimate of drug-likeness (QED) is 0.612. The first kappa shape index (κ1) is 11.3. The molecule has 0 saturated heterocycles. The van der Waals surface area contributed by atoms with Crippen LogP contribution < -0.4 is 17.2 Å². The van der Waals surface area contributed by atoms with Crippen molar-refractivity contribution in [3.05, 3.63) is 29.8 Å². The fourth-order valence-corrected chi connectivity index (χ4v) is 1.27. The maximum absolute atomic E-state index is 11.0. The van der Waals surface area contributed by atoms with Gasteiger partial charge in [-0.05, 0) is 17.7 Å². The minimum absolute atomic E-state index is 0.401. The second-order valence-corrected chi connectivity index (χ2v) is 3.29. The molecule has 0 aliphatic rings. The summed E-state index contributed by atoms with van der Waals surface area (Å²) in [5.41, 5.74) is 17.8. The molecule has 6 N–H and O–H groups in total. The molecule has 0 radical (unpaired) electrons. The van der Waals surface area contributed by atoms with Crippen LogP contribution in [0.15, 0.2) is 24.3 Å². The number of anilines is 1. The highest BCUT2D eigenvalue weighted by Crippen LogP contribution is 2.08. The number of carbonyl (C=O) groups excluding carboxylic acids is 1. The van der Waals surface area contributed by atoms with E-state index in [0.29, 0.717) is 25.3 Å². The van der Waals surface area contributed by atoms with Crippen molar-refractivity contribution in [3.8, 4) is 0 Å². The van der Waals surface area contributed by atoms with Gasteiger partial charge in [-0.2, -0.15) is 0 Å². The molecule has 5 heteroatoms. The van der Waals surface area contributed by atoms with Gasteiger partial charge >= 0.3 is 6.03 Å². The molecule has 82 valence electrons. The van der Waals surface area contributed by atoms with Crippen LogP contribution in [-0.2, 0) is 6.54 Å². The van der Waals surface area contributed by atoms with E-state index in [9.17, 15) is 4.79 Å². The van der Waals surface area contributed by atoms with Crippen molar-refractivity contribution in [1.29, 1.82) is 0 Å². The predicted octanol–water partition coefficient (Wildman–Crippen LogP) is 0.108. The monoisotopic (exact) mass is 208 g/mol. The molecule has 0 spiro atoms. The summed E-state index contributed by atoms with van der Waals surface area (Å²) in [6, 6.07) is 6.84. The molecule has 0 unspecified atom stereocenters. The van der Waals surface area contributed by atoms with Gasteiger partial charge < -0.3 is 22.1 Å². The van der Waals surface area contributed by atoms with Gasteiger partial charge in [-0.1, -0.05) is 12.1 Å². The van der Waals surface area contributed by atoms with Crippen molar-refractivity contribution in [1.82, 2.24) is 4.90 Å². The SMILES string of the molecule is NCCN(Cc1ccc(N)cc1)C(N)=O. The van der Waals surface area contributed by atoms with E-state index in [-0.39, 0.29) is 0 Å². The normalized spacial score (nSPS) is 9.93. The number of rotatable bonds is 4. The fourth-order valence-electron chi connectivity index (χ4n) is 1.27. The highest BCUT2D eigenvalue weighted by molar-refractivity contribution is 5.72.